The van der Waals surface area contributed by atoms with E-state index in [2.05, 4.69) is 29.8 Å². The van der Waals surface area contributed by atoms with Crippen LogP contribution in [0.25, 0.3) is 0 Å². The molecule has 2 saturated heterocycles. The summed E-state index contributed by atoms with van der Waals surface area (Å²) < 4.78 is 53.1. The minimum Gasteiger partial charge on any atom is -0.460 e. The summed E-state index contributed by atoms with van der Waals surface area (Å²) in [5.74, 6) is -2.39. The van der Waals surface area contributed by atoms with E-state index in [9.17, 15) is 13.2 Å². The Hall–Kier alpha value is -3.12. The molecule has 0 bridgehead atoms. The second-order valence-electron chi connectivity index (χ2n) is 10.5. The maximum absolute atomic E-state index is 14.4. The first-order valence-electron chi connectivity index (χ1n) is 13.1. The molecule has 2 aliphatic heterocycles. The molecule has 2 aromatic heterocycles. The average molecular weight is 566 g/mol. The predicted octanol–water partition coefficient (Wildman–Crippen LogP) is 4.80. The predicted molar refractivity (Wildman–Crippen MR) is 139 cm³/mol. The number of nitrogens with one attached hydrogen (secondary N) is 1. The zero-order valence-electron chi connectivity index (χ0n) is 22.0. The third kappa shape index (κ3) is 5.91. The summed E-state index contributed by atoms with van der Waals surface area (Å²) in [6, 6.07) is 1.89. The van der Waals surface area contributed by atoms with Crippen LogP contribution in [0.5, 0.6) is 6.01 Å². The Labute approximate surface area is 229 Å². The van der Waals surface area contributed by atoms with Gasteiger partial charge in [0.15, 0.2) is 17.5 Å². The molecule has 4 heterocycles. The highest BCUT2D eigenvalue weighted by molar-refractivity contribution is 6.13. The van der Waals surface area contributed by atoms with Gasteiger partial charge in [-0.3, -0.25) is 0 Å². The molecule has 0 radical (unpaired) electrons. The van der Waals surface area contributed by atoms with Crippen molar-refractivity contribution in [3.05, 3.63) is 53.4 Å². The minimum atomic E-state index is -1.22. The van der Waals surface area contributed by atoms with E-state index >= 15 is 0 Å². The lowest BCUT2D eigenvalue weighted by Crippen LogP contribution is -2.39. The van der Waals surface area contributed by atoms with Crippen LogP contribution < -0.4 is 19.4 Å². The van der Waals surface area contributed by atoms with E-state index in [1.165, 1.54) is 0 Å². The van der Waals surface area contributed by atoms with Crippen LogP contribution in [0.15, 0.2) is 29.0 Å². The molecule has 2 aliphatic rings. The third-order valence-corrected chi connectivity index (χ3v) is 7.87. The van der Waals surface area contributed by atoms with Crippen molar-refractivity contribution < 1.29 is 22.4 Å². The molecule has 1 aromatic carbocycles. The molecule has 13 heteroatoms. The zero-order chi connectivity index (χ0) is 27.7. The largest absolute Gasteiger partial charge is 0.460 e. The van der Waals surface area contributed by atoms with Gasteiger partial charge in [0.05, 0.1) is 18.1 Å². The number of piperidine rings is 1. The molecule has 0 aliphatic carbocycles. The highest BCUT2D eigenvalue weighted by atomic mass is 35.5. The summed E-state index contributed by atoms with van der Waals surface area (Å²) in [6.07, 6.45) is 4.98. The standard InChI is InChI=1S/C26H31ClF3N7O2/c1-14(2)24-33-26(39-35-24)36-6-4-16(5-7-36)15(3)38-25-31-10-17(11-32-25)37-12-19(23(13-37)34-27)18-8-21(29)22(30)9-20(18)28/h8-11,14-16,19,23,34H,4-7,12-13H2,1-3H3/t15-,19+,23-/m0/s1. The Bertz CT molecular complexity index is 1270. The lowest BCUT2D eigenvalue weighted by Gasteiger charge is -2.33. The average Bonchev–Trinajstić information content (AvgIpc) is 3.59. The zero-order valence-corrected chi connectivity index (χ0v) is 22.7. The molecule has 39 heavy (non-hydrogen) atoms. The summed E-state index contributed by atoms with van der Waals surface area (Å²) in [7, 11) is 0. The normalized spacial score (nSPS) is 21.1. The van der Waals surface area contributed by atoms with Gasteiger partial charge < -0.3 is 19.1 Å². The van der Waals surface area contributed by atoms with Gasteiger partial charge in [-0.2, -0.15) is 4.98 Å². The summed E-state index contributed by atoms with van der Waals surface area (Å²) in [6.45, 7) is 8.39. The van der Waals surface area contributed by atoms with Crippen LogP contribution in [0.2, 0.25) is 0 Å². The molecule has 5 rings (SSSR count). The van der Waals surface area contributed by atoms with E-state index < -0.39 is 29.4 Å². The highest BCUT2D eigenvalue weighted by Crippen LogP contribution is 2.34. The lowest BCUT2D eigenvalue weighted by molar-refractivity contribution is 0.120. The number of halogens is 4. The van der Waals surface area contributed by atoms with Crippen molar-refractivity contribution in [1.29, 1.82) is 0 Å². The van der Waals surface area contributed by atoms with Crippen LogP contribution in [-0.4, -0.2) is 58.4 Å². The van der Waals surface area contributed by atoms with Crippen LogP contribution >= 0.6 is 11.8 Å². The first-order chi connectivity index (χ1) is 18.7. The number of rotatable bonds is 8. The van der Waals surface area contributed by atoms with Gasteiger partial charge in [0.1, 0.15) is 11.9 Å². The molecule has 2 fully saturated rings. The lowest BCUT2D eigenvalue weighted by atomic mass is 9.92. The van der Waals surface area contributed by atoms with Gasteiger partial charge in [-0.1, -0.05) is 19.0 Å². The molecular formula is C26H31ClF3N7O2. The molecule has 3 atom stereocenters. The maximum Gasteiger partial charge on any atom is 0.324 e. The maximum atomic E-state index is 14.4. The first-order valence-corrected chi connectivity index (χ1v) is 13.4. The molecule has 0 spiro atoms. The van der Waals surface area contributed by atoms with Gasteiger partial charge in [0.25, 0.3) is 0 Å². The fourth-order valence-electron chi connectivity index (χ4n) is 5.21. The quantitative estimate of drug-likeness (QED) is 0.305. The number of anilines is 2. The van der Waals surface area contributed by atoms with Gasteiger partial charge in [-0.05, 0) is 49.1 Å². The van der Waals surface area contributed by atoms with Gasteiger partial charge in [-0.25, -0.2) is 28.0 Å². The van der Waals surface area contributed by atoms with Crippen molar-refractivity contribution in [3.8, 4) is 6.01 Å². The molecule has 3 aromatic rings. The molecule has 0 amide bonds. The first kappa shape index (κ1) is 27.4. The summed E-state index contributed by atoms with van der Waals surface area (Å²) in [5.41, 5.74) is 0.751. The Kier molecular flexibility index (Phi) is 8.13. The van der Waals surface area contributed by atoms with E-state index in [1.807, 2.05) is 25.7 Å². The SMILES string of the molecule is CC(C)c1noc(N2CCC([C@H](C)Oc3ncc(N4C[C@H](NCl)[C@@H](c5cc(F)c(F)cc5F)C4)cn3)CC2)n1. The van der Waals surface area contributed by atoms with Crippen LogP contribution in [0.4, 0.5) is 24.9 Å². The Balaban J connectivity index is 1.17. The second-order valence-corrected chi connectivity index (χ2v) is 10.7. The van der Waals surface area contributed by atoms with Gasteiger partial charge in [0.2, 0.25) is 0 Å². The van der Waals surface area contributed by atoms with E-state index in [-0.39, 0.29) is 23.6 Å². The number of nitrogens with zero attached hydrogens (tertiary/aromatic N) is 6. The summed E-state index contributed by atoms with van der Waals surface area (Å²) in [5, 5.41) is 4.05. The van der Waals surface area contributed by atoms with Gasteiger partial charge >= 0.3 is 12.0 Å². The van der Waals surface area contributed by atoms with E-state index in [0.29, 0.717) is 42.6 Å². The van der Waals surface area contributed by atoms with Crippen LogP contribution in [0, 0.1) is 23.4 Å². The van der Waals surface area contributed by atoms with E-state index in [0.717, 1.165) is 32.0 Å². The van der Waals surface area contributed by atoms with Crippen molar-refractivity contribution >= 4 is 23.5 Å². The highest BCUT2D eigenvalue weighted by Gasteiger charge is 2.36. The fourth-order valence-corrected chi connectivity index (χ4v) is 5.43. The molecular weight excluding hydrogens is 535 g/mol. The summed E-state index contributed by atoms with van der Waals surface area (Å²) in [4.78, 5) is 19.9. The molecule has 210 valence electrons. The van der Waals surface area contributed by atoms with E-state index in [1.54, 1.807) is 12.4 Å². The van der Waals surface area contributed by atoms with Crippen LogP contribution in [0.3, 0.4) is 0 Å². The number of benzene rings is 1. The topological polar surface area (TPSA) is 92.4 Å². The Morgan fingerprint density at radius 3 is 2.33 bits per heavy atom. The molecule has 0 unspecified atom stereocenters. The van der Waals surface area contributed by atoms with Crippen molar-refractivity contribution in [1.82, 2.24) is 24.9 Å². The Morgan fingerprint density at radius 2 is 1.69 bits per heavy atom. The van der Waals surface area contributed by atoms with Crippen molar-refractivity contribution in [3.63, 3.8) is 0 Å². The smallest absolute Gasteiger partial charge is 0.324 e. The van der Waals surface area contributed by atoms with Crippen LogP contribution in [-0.2, 0) is 0 Å². The van der Waals surface area contributed by atoms with Gasteiger partial charge in [-0.15, -0.1) is 0 Å². The summed E-state index contributed by atoms with van der Waals surface area (Å²) >= 11 is 5.91. The monoisotopic (exact) mass is 565 g/mol. The molecule has 0 saturated carbocycles. The number of aromatic nitrogens is 4. The molecule has 9 nitrogen and oxygen atoms in total. The van der Waals surface area contributed by atoms with Crippen molar-refractivity contribution in [2.75, 3.05) is 36.0 Å². The minimum absolute atomic E-state index is 0.0646. The number of ether oxygens (including phenoxy) is 1. The van der Waals surface area contributed by atoms with Gasteiger partial charge in [0, 0.05) is 50.1 Å². The molecule has 1 N–H and O–H groups in total. The number of hydrogen-bond donors (Lipinski definition) is 1. The third-order valence-electron chi connectivity index (χ3n) is 7.59. The second kappa shape index (κ2) is 11.5. The van der Waals surface area contributed by atoms with Crippen LogP contribution in [0.1, 0.15) is 56.8 Å². The van der Waals surface area contributed by atoms with Crippen molar-refractivity contribution in [2.24, 2.45) is 5.92 Å². The van der Waals surface area contributed by atoms with Crippen molar-refractivity contribution in [2.45, 2.75) is 57.6 Å². The van der Waals surface area contributed by atoms with E-state index in [4.69, 9.17) is 21.0 Å². The fraction of sp³-hybridized carbons (Fsp3) is 0.538. The number of hydrogen-bond acceptors (Lipinski definition) is 9. The Morgan fingerprint density at radius 1 is 1.00 bits per heavy atom.